The van der Waals surface area contributed by atoms with Crippen LogP contribution in [0.15, 0.2) is 0 Å². The largest absolute Gasteiger partial charge is 0.387 e. The average Bonchev–Trinajstić information content (AvgIpc) is 1.98. The first-order valence-corrected chi connectivity index (χ1v) is 8.08. The third-order valence-corrected chi connectivity index (χ3v) is 5.90. The van der Waals surface area contributed by atoms with Crippen molar-refractivity contribution in [2.45, 2.75) is 6.92 Å². The van der Waals surface area contributed by atoms with Crippen LogP contribution in [0.1, 0.15) is 6.92 Å². The molecule has 3 N–H and O–H groups in total. The van der Waals surface area contributed by atoms with E-state index in [4.69, 9.17) is 11.1 Å². The summed E-state index contributed by atoms with van der Waals surface area (Å²) in [4.78, 5) is 0. The van der Waals surface area contributed by atoms with Gasteiger partial charge in [0.25, 0.3) is 0 Å². The van der Waals surface area contributed by atoms with E-state index in [1.807, 2.05) is 0 Å². The SMILES string of the molecule is CC(CN(C)S(=O)(=O)CS(C)(=O)=O)C(=N)N. The molecule has 0 saturated carbocycles. The van der Waals surface area contributed by atoms with Gasteiger partial charge < -0.3 is 5.73 Å². The fourth-order valence-corrected chi connectivity index (χ4v) is 4.29. The van der Waals surface area contributed by atoms with Crippen LogP contribution in [-0.4, -0.2) is 51.9 Å². The summed E-state index contributed by atoms with van der Waals surface area (Å²) in [5.41, 5.74) is 5.20. The minimum absolute atomic E-state index is 0.00676. The molecule has 0 aliphatic heterocycles. The Morgan fingerprint density at radius 1 is 1.38 bits per heavy atom. The molecule has 0 saturated heterocycles. The predicted molar refractivity (Wildman–Crippen MR) is 62.3 cm³/mol. The summed E-state index contributed by atoms with van der Waals surface area (Å²) in [6, 6.07) is 0. The third-order valence-electron chi connectivity index (χ3n) is 1.90. The number of hydrogen-bond acceptors (Lipinski definition) is 5. The highest BCUT2D eigenvalue weighted by Crippen LogP contribution is 2.06. The van der Waals surface area contributed by atoms with Crippen LogP contribution in [0.2, 0.25) is 0 Å². The maximum atomic E-state index is 11.5. The fraction of sp³-hybridized carbons (Fsp3) is 0.857. The zero-order chi connectivity index (χ0) is 13.1. The molecule has 7 nitrogen and oxygen atoms in total. The summed E-state index contributed by atoms with van der Waals surface area (Å²) in [7, 11) is -6.19. The molecule has 0 bridgehead atoms. The Balaban J connectivity index is 4.73. The van der Waals surface area contributed by atoms with Gasteiger partial charge in [-0.05, 0) is 0 Å². The Labute approximate surface area is 96.1 Å². The van der Waals surface area contributed by atoms with Gasteiger partial charge >= 0.3 is 0 Å². The number of nitrogens with zero attached hydrogens (tertiary/aromatic N) is 1. The maximum absolute atomic E-state index is 11.5. The van der Waals surface area contributed by atoms with Crippen molar-refractivity contribution in [1.82, 2.24) is 4.31 Å². The van der Waals surface area contributed by atoms with Gasteiger partial charge in [-0.2, -0.15) is 0 Å². The van der Waals surface area contributed by atoms with E-state index in [0.717, 1.165) is 10.6 Å². The van der Waals surface area contributed by atoms with Gasteiger partial charge in [0, 0.05) is 25.8 Å². The van der Waals surface area contributed by atoms with Crippen LogP contribution in [0.5, 0.6) is 0 Å². The number of amidine groups is 1. The van der Waals surface area contributed by atoms with Gasteiger partial charge in [0.15, 0.2) is 14.9 Å². The molecule has 0 aliphatic rings. The molecule has 0 heterocycles. The maximum Gasteiger partial charge on any atom is 0.228 e. The van der Waals surface area contributed by atoms with Crippen LogP contribution in [0, 0.1) is 11.3 Å². The number of sulfone groups is 1. The molecule has 96 valence electrons. The van der Waals surface area contributed by atoms with E-state index in [9.17, 15) is 16.8 Å². The Hall–Kier alpha value is -0.670. The monoisotopic (exact) mass is 271 g/mol. The Morgan fingerprint density at radius 3 is 2.12 bits per heavy atom. The highest BCUT2D eigenvalue weighted by Gasteiger charge is 2.25. The number of nitrogens with one attached hydrogen (secondary N) is 1. The lowest BCUT2D eigenvalue weighted by Gasteiger charge is -2.19. The molecule has 0 aromatic heterocycles. The smallest absolute Gasteiger partial charge is 0.228 e. The van der Waals surface area contributed by atoms with Gasteiger partial charge in [-0.1, -0.05) is 6.92 Å². The predicted octanol–water partition coefficient (Wildman–Crippen LogP) is -1.18. The van der Waals surface area contributed by atoms with E-state index in [1.54, 1.807) is 6.92 Å². The van der Waals surface area contributed by atoms with Crippen LogP contribution in [0.25, 0.3) is 0 Å². The van der Waals surface area contributed by atoms with E-state index in [1.165, 1.54) is 7.05 Å². The molecule has 0 amide bonds. The van der Waals surface area contributed by atoms with Crippen molar-refractivity contribution in [3.05, 3.63) is 0 Å². The highest BCUT2D eigenvalue weighted by molar-refractivity contribution is 8.06. The van der Waals surface area contributed by atoms with E-state index in [-0.39, 0.29) is 12.4 Å². The van der Waals surface area contributed by atoms with Gasteiger partial charge in [0.1, 0.15) is 0 Å². The van der Waals surface area contributed by atoms with E-state index in [0.29, 0.717) is 0 Å². The molecule has 0 aromatic rings. The lowest BCUT2D eigenvalue weighted by atomic mass is 10.2. The highest BCUT2D eigenvalue weighted by atomic mass is 32.3. The van der Waals surface area contributed by atoms with Gasteiger partial charge in [0.05, 0.1) is 5.84 Å². The molecular weight excluding hydrogens is 254 g/mol. The first kappa shape index (κ1) is 15.3. The second-order valence-electron chi connectivity index (χ2n) is 3.79. The molecule has 0 aliphatic carbocycles. The van der Waals surface area contributed by atoms with Gasteiger partial charge in [-0.25, -0.2) is 21.1 Å². The third kappa shape index (κ3) is 5.42. The minimum atomic E-state index is -3.85. The van der Waals surface area contributed by atoms with Crippen molar-refractivity contribution in [3.63, 3.8) is 0 Å². The normalized spacial score (nSPS) is 15.0. The second kappa shape index (κ2) is 5.11. The topological polar surface area (TPSA) is 121 Å². The second-order valence-corrected chi connectivity index (χ2v) is 8.37. The standard InChI is InChI=1S/C7H17N3O4S2/c1-6(7(8)9)4-10(2)16(13,14)5-15(3,11)12/h6H,4-5H2,1-3H3,(H3,8,9). The van der Waals surface area contributed by atoms with Gasteiger partial charge in [-0.3, -0.25) is 5.41 Å². The van der Waals surface area contributed by atoms with Gasteiger partial charge in [0.2, 0.25) is 10.0 Å². The molecule has 9 heteroatoms. The first-order chi connectivity index (χ1) is 6.96. The molecule has 1 atom stereocenters. The molecule has 16 heavy (non-hydrogen) atoms. The van der Waals surface area contributed by atoms with E-state index in [2.05, 4.69) is 0 Å². The van der Waals surface area contributed by atoms with Crippen molar-refractivity contribution in [3.8, 4) is 0 Å². The Bertz CT molecular complexity index is 454. The number of hydrogen-bond donors (Lipinski definition) is 2. The number of rotatable bonds is 6. The van der Waals surface area contributed by atoms with Crippen LogP contribution in [0.4, 0.5) is 0 Å². The molecular formula is C7H17N3O4S2. The van der Waals surface area contributed by atoms with Crippen molar-refractivity contribution >= 4 is 25.7 Å². The van der Waals surface area contributed by atoms with Crippen LogP contribution in [0.3, 0.4) is 0 Å². The molecule has 1 unspecified atom stereocenters. The summed E-state index contributed by atoms with van der Waals surface area (Å²) in [5, 5.41) is 6.19. The Kier molecular flexibility index (Phi) is 4.89. The van der Waals surface area contributed by atoms with E-state index < -0.39 is 30.9 Å². The van der Waals surface area contributed by atoms with Crippen molar-refractivity contribution in [2.24, 2.45) is 11.7 Å². The first-order valence-electron chi connectivity index (χ1n) is 4.41. The summed E-state index contributed by atoms with van der Waals surface area (Å²) in [6.45, 7) is 1.59. The van der Waals surface area contributed by atoms with Crippen molar-refractivity contribution in [1.29, 1.82) is 5.41 Å². The zero-order valence-corrected chi connectivity index (χ0v) is 11.1. The summed E-state index contributed by atoms with van der Waals surface area (Å²) in [6.07, 6.45) is 0.854. The molecule has 0 radical (unpaired) electrons. The summed E-state index contributed by atoms with van der Waals surface area (Å²) < 4.78 is 45.8. The van der Waals surface area contributed by atoms with Gasteiger partial charge in [-0.15, -0.1) is 0 Å². The van der Waals surface area contributed by atoms with Crippen LogP contribution >= 0.6 is 0 Å². The fourth-order valence-electron chi connectivity index (χ4n) is 0.958. The Morgan fingerprint density at radius 2 is 1.81 bits per heavy atom. The molecule has 0 fully saturated rings. The number of nitrogens with two attached hydrogens (primary N) is 1. The lowest BCUT2D eigenvalue weighted by molar-refractivity contribution is 0.446. The van der Waals surface area contributed by atoms with Crippen molar-refractivity contribution < 1.29 is 16.8 Å². The molecule has 0 rings (SSSR count). The average molecular weight is 271 g/mol. The van der Waals surface area contributed by atoms with Crippen LogP contribution < -0.4 is 5.73 Å². The van der Waals surface area contributed by atoms with E-state index >= 15 is 0 Å². The summed E-state index contributed by atoms with van der Waals surface area (Å²) in [5.74, 6) is -0.583. The lowest BCUT2D eigenvalue weighted by Crippen LogP contribution is -2.38. The number of sulfonamides is 1. The molecule has 0 spiro atoms. The van der Waals surface area contributed by atoms with Crippen LogP contribution in [-0.2, 0) is 19.9 Å². The minimum Gasteiger partial charge on any atom is -0.387 e. The zero-order valence-electron chi connectivity index (χ0n) is 9.47. The summed E-state index contributed by atoms with van der Waals surface area (Å²) >= 11 is 0. The van der Waals surface area contributed by atoms with Crippen molar-refractivity contribution in [2.75, 3.05) is 24.9 Å². The quantitative estimate of drug-likeness (QED) is 0.465. The molecule has 0 aromatic carbocycles.